The molecule has 0 unspecified atom stereocenters. The molecule has 0 bridgehead atoms. The molecular formula is C22H18F2N6O. The lowest BCUT2D eigenvalue weighted by Gasteiger charge is -2.34. The molecule has 0 aliphatic rings. The van der Waals surface area contributed by atoms with Crippen LogP contribution >= 0.6 is 0 Å². The summed E-state index contributed by atoms with van der Waals surface area (Å²) in [4.78, 5) is 3.87. The van der Waals surface area contributed by atoms with Crippen molar-refractivity contribution in [1.29, 1.82) is 5.26 Å². The normalized spacial score (nSPS) is 14.0. The fourth-order valence-corrected chi connectivity index (χ4v) is 3.53. The molecule has 2 atom stereocenters. The molecule has 156 valence electrons. The quantitative estimate of drug-likeness (QED) is 0.516. The first-order valence-electron chi connectivity index (χ1n) is 9.46. The number of benzene rings is 2. The summed E-state index contributed by atoms with van der Waals surface area (Å²) in [5.74, 6) is -1.61. The van der Waals surface area contributed by atoms with E-state index < -0.39 is 23.3 Å². The van der Waals surface area contributed by atoms with Gasteiger partial charge in [0.2, 0.25) is 0 Å². The highest BCUT2D eigenvalue weighted by Crippen LogP contribution is 2.37. The van der Waals surface area contributed by atoms with Gasteiger partial charge in [0, 0.05) is 23.4 Å². The average molecular weight is 420 g/mol. The van der Waals surface area contributed by atoms with Crippen LogP contribution in [0.4, 0.5) is 8.78 Å². The third kappa shape index (κ3) is 3.93. The van der Waals surface area contributed by atoms with E-state index in [9.17, 15) is 13.9 Å². The van der Waals surface area contributed by atoms with E-state index >= 15 is 0 Å². The Morgan fingerprint density at radius 3 is 2.71 bits per heavy atom. The first-order valence-corrected chi connectivity index (χ1v) is 9.46. The average Bonchev–Trinajstić information content (AvgIpc) is 3.45. The first-order chi connectivity index (χ1) is 14.9. The Morgan fingerprint density at radius 2 is 2.00 bits per heavy atom. The Labute approximate surface area is 176 Å². The van der Waals surface area contributed by atoms with Crippen LogP contribution in [-0.2, 0) is 12.1 Å². The van der Waals surface area contributed by atoms with Gasteiger partial charge in [0.25, 0.3) is 0 Å². The topological polar surface area (TPSA) is 92.6 Å². The van der Waals surface area contributed by atoms with E-state index in [-0.39, 0.29) is 12.1 Å². The summed E-state index contributed by atoms with van der Waals surface area (Å²) >= 11 is 0. The minimum absolute atomic E-state index is 0.0829. The van der Waals surface area contributed by atoms with Gasteiger partial charge in [-0.25, -0.2) is 18.4 Å². The van der Waals surface area contributed by atoms with Crippen LogP contribution in [0.2, 0.25) is 0 Å². The molecule has 0 saturated carbocycles. The van der Waals surface area contributed by atoms with Crippen molar-refractivity contribution in [2.45, 2.75) is 25.1 Å². The van der Waals surface area contributed by atoms with Crippen LogP contribution in [0.25, 0.3) is 11.1 Å². The van der Waals surface area contributed by atoms with Gasteiger partial charge in [0.1, 0.15) is 29.9 Å². The Balaban J connectivity index is 1.75. The zero-order valence-corrected chi connectivity index (χ0v) is 16.5. The molecule has 7 nitrogen and oxygen atoms in total. The summed E-state index contributed by atoms with van der Waals surface area (Å²) in [5.41, 5.74) is 0.121. The molecular weight excluding hydrogens is 402 g/mol. The van der Waals surface area contributed by atoms with E-state index in [4.69, 9.17) is 5.26 Å². The van der Waals surface area contributed by atoms with Crippen LogP contribution in [0.3, 0.4) is 0 Å². The summed E-state index contributed by atoms with van der Waals surface area (Å²) in [7, 11) is 0. The maximum Gasteiger partial charge on any atom is 0.137 e. The second-order valence-electron chi connectivity index (χ2n) is 7.22. The maximum absolute atomic E-state index is 14.7. The molecule has 0 aliphatic heterocycles. The van der Waals surface area contributed by atoms with Crippen LogP contribution < -0.4 is 0 Å². The molecule has 9 heteroatoms. The van der Waals surface area contributed by atoms with Crippen LogP contribution in [0.15, 0.2) is 67.5 Å². The molecule has 2 aromatic heterocycles. The van der Waals surface area contributed by atoms with Crippen molar-refractivity contribution in [1.82, 2.24) is 24.5 Å². The van der Waals surface area contributed by atoms with Gasteiger partial charge in [0.15, 0.2) is 0 Å². The molecule has 0 aliphatic carbocycles. The lowest BCUT2D eigenvalue weighted by molar-refractivity contribution is -0.0368. The predicted octanol–water partition coefficient (Wildman–Crippen LogP) is 3.44. The standard InChI is InChI=1S/C22H18F2N6O/c1-15(30-11-18(10-27-30)17-4-2-3-16(7-17)9-25)22(31,12-29-14-26-13-28-29)20-6-5-19(23)8-21(20)24/h2-8,10-11,13-15,31H,12H2,1H3/t15-,22-/m1/s1. The number of aliphatic hydroxyl groups is 1. The molecule has 2 heterocycles. The van der Waals surface area contributed by atoms with E-state index in [1.54, 1.807) is 37.5 Å². The largest absolute Gasteiger partial charge is 0.381 e. The Morgan fingerprint density at radius 1 is 1.16 bits per heavy atom. The molecule has 0 spiro atoms. The van der Waals surface area contributed by atoms with Gasteiger partial charge < -0.3 is 5.11 Å². The molecule has 0 radical (unpaired) electrons. The minimum Gasteiger partial charge on any atom is -0.381 e. The minimum atomic E-state index is -1.82. The van der Waals surface area contributed by atoms with Crippen molar-refractivity contribution in [3.8, 4) is 17.2 Å². The Bertz CT molecular complexity index is 1250. The maximum atomic E-state index is 14.7. The smallest absolute Gasteiger partial charge is 0.137 e. The van der Waals surface area contributed by atoms with Crippen molar-refractivity contribution in [3.05, 3.63) is 90.3 Å². The van der Waals surface area contributed by atoms with Crippen LogP contribution in [0, 0.1) is 23.0 Å². The van der Waals surface area contributed by atoms with Gasteiger partial charge in [-0.3, -0.25) is 4.68 Å². The molecule has 0 amide bonds. The van der Waals surface area contributed by atoms with E-state index in [0.29, 0.717) is 5.56 Å². The number of nitrogens with zero attached hydrogens (tertiary/aromatic N) is 6. The number of nitriles is 1. The lowest BCUT2D eigenvalue weighted by atomic mass is 9.86. The fraction of sp³-hybridized carbons (Fsp3) is 0.182. The molecule has 4 aromatic rings. The summed E-state index contributed by atoms with van der Waals surface area (Å²) in [6.07, 6.45) is 6.01. The highest BCUT2D eigenvalue weighted by Gasteiger charge is 2.40. The van der Waals surface area contributed by atoms with Crippen molar-refractivity contribution in [3.63, 3.8) is 0 Å². The first kappa shape index (κ1) is 20.4. The molecule has 4 rings (SSSR count). The van der Waals surface area contributed by atoms with Gasteiger partial charge in [-0.15, -0.1) is 0 Å². The zero-order valence-electron chi connectivity index (χ0n) is 16.5. The van der Waals surface area contributed by atoms with E-state index in [1.165, 1.54) is 28.1 Å². The summed E-state index contributed by atoms with van der Waals surface area (Å²) in [6.45, 7) is 1.55. The van der Waals surface area contributed by atoms with Gasteiger partial charge in [-0.1, -0.05) is 18.2 Å². The second-order valence-corrected chi connectivity index (χ2v) is 7.22. The molecule has 0 saturated heterocycles. The monoisotopic (exact) mass is 420 g/mol. The fourth-order valence-electron chi connectivity index (χ4n) is 3.53. The van der Waals surface area contributed by atoms with Gasteiger partial charge >= 0.3 is 0 Å². The highest BCUT2D eigenvalue weighted by molar-refractivity contribution is 5.63. The molecule has 0 fully saturated rings. The predicted molar refractivity (Wildman–Crippen MR) is 107 cm³/mol. The number of halogens is 2. The van der Waals surface area contributed by atoms with Crippen molar-refractivity contribution in [2.75, 3.05) is 0 Å². The van der Waals surface area contributed by atoms with Crippen molar-refractivity contribution < 1.29 is 13.9 Å². The van der Waals surface area contributed by atoms with Crippen molar-refractivity contribution in [2.24, 2.45) is 0 Å². The van der Waals surface area contributed by atoms with Gasteiger partial charge in [-0.05, 0) is 30.7 Å². The van der Waals surface area contributed by atoms with E-state index in [2.05, 4.69) is 21.3 Å². The third-order valence-electron chi connectivity index (χ3n) is 5.28. The summed E-state index contributed by atoms with van der Waals surface area (Å²) in [5, 5.41) is 29.1. The SMILES string of the molecule is C[C@@H](n1cc(-c2cccc(C#N)c2)cn1)[C@](O)(Cn1cncn1)c1ccc(F)cc1F. The molecule has 31 heavy (non-hydrogen) atoms. The Kier molecular flexibility index (Phi) is 5.31. The zero-order chi connectivity index (χ0) is 22.0. The summed E-state index contributed by atoms with van der Waals surface area (Å²) < 4.78 is 31.1. The highest BCUT2D eigenvalue weighted by atomic mass is 19.1. The lowest BCUT2D eigenvalue weighted by Crippen LogP contribution is -2.40. The number of rotatable bonds is 6. The van der Waals surface area contributed by atoms with Gasteiger partial charge in [-0.2, -0.15) is 15.5 Å². The number of aromatic nitrogens is 5. The third-order valence-corrected chi connectivity index (χ3v) is 5.28. The van der Waals surface area contributed by atoms with Crippen molar-refractivity contribution >= 4 is 0 Å². The van der Waals surface area contributed by atoms with Gasteiger partial charge in [0.05, 0.1) is 30.4 Å². The Hall–Kier alpha value is -3.90. The van der Waals surface area contributed by atoms with E-state index in [0.717, 1.165) is 23.3 Å². The number of hydrogen-bond acceptors (Lipinski definition) is 5. The number of hydrogen-bond donors (Lipinski definition) is 1. The van der Waals surface area contributed by atoms with Crippen LogP contribution in [0.5, 0.6) is 0 Å². The summed E-state index contributed by atoms with van der Waals surface area (Å²) in [6, 6.07) is 11.4. The second kappa shape index (κ2) is 8.08. The van der Waals surface area contributed by atoms with Crippen LogP contribution in [0.1, 0.15) is 24.1 Å². The van der Waals surface area contributed by atoms with Crippen LogP contribution in [-0.4, -0.2) is 29.7 Å². The van der Waals surface area contributed by atoms with E-state index in [1.807, 2.05) is 6.07 Å². The molecule has 1 N–H and O–H groups in total. The molecule has 2 aromatic carbocycles.